The highest BCUT2D eigenvalue weighted by molar-refractivity contribution is 5.47. The lowest BCUT2D eigenvalue weighted by Gasteiger charge is -1.98. The lowest BCUT2D eigenvalue weighted by molar-refractivity contribution is 0.434. The molecule has 0 aliphatic heterocycles. The summed E-state index contributed by atoms with van der Waals surface area (Å²) in [5.41, 5.74) is 2.58. The molecule has 0 heterocycles. The van der Waals surface area contributed by atoms with E-state index in [4.69, 9.17) is 0 Å². The minimum Gasteiger partial charge on any atom is -0.207 e. The molecule has 2 rings (SSSR count). The molecular weight excluding hydrogens is 304 g/mol. The highest BCUT2D eigenvalue weighted by Gasteiger charge is 2.09. The molecule has 0 aliphatic carbocycles. The first-order chi connectivity index (χ1) is 11.0. The quantitative estimate of drug-likeness (QED) is 0.277. The summed E-state index contributed by atoms with van der Waals surface area (Å²) in [6, 6.07) is 9.10. The molecule has 0 unspecified atom stereocenters. The summed E-state index contributed by atoms with van der Waals surface area (Å²) < 4.78 is 47.9. The first-order valence-corrected chi connectivity index (χ1v) is 7.10. The van der Waals surface area contributed by atoms with Crippen molar-refractivity contribution in [3.8, 4) is 0 Å². The fraction of sp³-hybridized carbons (Fsp3) is 0.158. The van der Waals surface area contributed by atoms with Crippen LogP contribution in [0.5, 0.6) is 0 Å². The highest BCUT2D eigenvalue weighted by Crippen LogP contribution is 2.11. The van der Waals surface area contributed by atoms with E-state index >= 15 is 0 Å². The van der Waals surface area contributed by atoms with Crippen molar-refractivity contribution in [3.05, 3.63) is 89.5 Å². The van der Waals surface area contributed by atoms with E-state index in [0.717, 1.165) is 12.8 Å². The Balaban J connectivity index is 0.000000238. The van der Waals surface area contributed by atoms with Gasteiger partial charge in [0.25, 0.3) is 0 Å². The molecule has 0 radical (unpaired) electrons. The van der Waals surface area contributed by atoms with E-state index in [0.29, 0.717) is 0 Å². The Hall–Kier alpha value is -2.36. The van der Waals surface area contributed by atoms with Crippen molar-refractivity contribution < 1.29 is 17.6 Å². The molecule has 0 nitrogen and oxygen atoms in total. The van der Waals surface area contributed by atoms with Crippen LogP contribution in [0.4, 0.5) is 17.6 Å². The van der Waals surface area contributed by atoms with E-state index in [-0.39, 0.29) is 12.1 Å². The SMILES string of the molecule is C=Cc1ccc(CC/C=C/C)cc1.Fc1cc(F)c(F)c(F)c1. The van der Waals surface area contributed by atoms with Gasteiger partial charge < -0.3 is 0 Å². The van der Waals surface area contributed by atoms with Crippen LogP contribution in [0.2, 0.25) is 0 Å². The summed E-state index contributed by atoms with van der Waals surface area (Å²) in [5.74, 6) is -5.81. The molecule has 0 amide bonds. The van der Waals surface area contributed by atoms with Crippen molar-refractivity contribution in [2.75, 3.05) is 0 Å². The van der Waals surface area contributed by atoms with Crippen LogP contribution in [-0.4, -0.2) is 0 Å². The molecule has 2 aromatic rings. The van der Waals surface area contributed by atoms with Gasteiger partial charge in [0.15, 0.2) is 17.5 Å². The van der Waals surface area contributed by atoms with Gasteiger partial charge in [0.05, 0.1) is 0 Å². The number of aryl methyl sites for hydroxylation is 1. The number of hydrogen-bond donors (Lipinski definition) is 0. The number of halogens is 4. The Morgan fingerprint density at radius 3 is 2.00 bits per heavy atom. The molecule has 0 aromatic heterocycles. The van der Waals surface area contributed by atoms with Gasteiger partial charge in [-0.1, -0.05) is 49.1 Å². The van der Waals surface area contributed by atoms with Gasteiger partial charge in [0, 0.05) is 12.1 Å². The minimum atomic E-state index is -1.65. The monoisotopic (exact) mass is 322 g/mol. The van der Waals surface area contributed by atoms with Gasteiger partial charge in [-0.25, -0.2) is 17.6 Å². The van der Waals surface area contributed by atoms with E-state index in [2.05, 4.69) is 49.9 Å². The maximum Gasteiger partial charge on any atom is 0.194 e. The van der Waals surface area contributed by atoms with Crippen molar-refractivity contribution in [3.63, 3.8) is 0 Å². The molecule has 2 aromatic carbocycles. The van der Waals surface area contributed by atoms with Crippen LogP contribution in [0.15, 0.2) is 55.1 Å². The van der Waals surface area contributed by atoms with Crippen molar-refractivity contribution >= 4 is 6.08 Å². The van der Waals surface area contributed by atoms with Crippen LogP contribution < -0.4 is 0 Å². The van der Waals surface area contributed by atoms with Gasteiger partial charge in [0.1, 0.15) is 5.82 Å². The molecule has 122 valence electrons. The number of benzene rings is 2. The van der Waals surface area contributed by atoms with Crippen LogP contribution >= 0.6 is 0 Å². The third-order valence-corrected chi connectivity index (χ3v) is 3.00. The van der Waals surface area contributed by atoms with Crippen LogP contribution in [0.1, 0.15) is 24.5 Å². The molecule has 0 saturated heterocycles. The van der Waals surface area contributed by atoms with Gasteiger partial charge in [-0.05, 0) is 30.9 Å². The second kappa shape index (κ2) is 9.62. The fourth-order valence-corrected chi connectivity index (χ4v) is 1.76. The predicted molar refractivity (Wildman–Crippen MR) is 85.9 cm³/mol. The Morgan fingerprint density at radius 2 is 1.52 bits per heavy atom. The molecule has 4 heteroatoms. The number of rotatable bonds is 4. The Labute approximate surface area is 133 Å². The second-order valence-electron chi connectivity index (χ2n) is 4.74. The number of allylic oxidation sites excluding steroid dienone is 2. The van der Waals surface area contributed by atoms with Gasteiger partial charge in [-0.3, -0.25) is 0 Å². The molecule has 0 N–H and O–H groups in total. The lowest BCUT2D eigenvalue weighted by atomic mass is 10.1. The molecule has 23 heavy (non-hydrogen) atoms. The molecule has 0 spiro atoms. The Kier molecular flexibility index (Phi) is 7.81. The predicted octanol–water partition coefficient (Wildman–Crippen LogP) is 6.08. The van der Waals surface area contributed by atoms with Gasteiger partial charge >= 0.3 is 0 Å². The molecule has 0 bridgehead atoms. The third-order valence-electron chi connectivity index (χ3n) is 3.00. The van der Waals surface area contributed by atoms with Crippen molar-refractivity contribution in [1.29, 1.82) is 0 Å². The lowest BCUT2D eigenvalue weighted by Crippen LogP contribution is -1.91. The van der Waals surface area contributed by atoms with Crippen LogP contribution in [0, 0.1) is 23.3 Å². The first kappa shape index (κ1) is 18.7. The minimum absolute atomic E-state index is 0.276. The van der Waals surface area contributed by atoms with Crippen molar-refractivity contribution in [2.45, 2.75) is 19.8 Å². The normalized spacial score (nSPS) is 10.3. The maximum absolute atomic E-state index is 12.0. The third kappa shape index (κ3) is 6.51. The summed E-state index contributed by atoms with van der Waals surface area (Å²) in [6.07, 6.45) is 8.42. The zero-order valence-corrected chi connectivity index (χ0v) is 12.8. The topological polar surface area (TPSA) is 0 Å². The van der Waals surface area contributed by atoms with Crippen LogP contribution in [-0.2, 0) is 6.42 Å². The molecule has 0 aliphatic rings. The Bertz CT molecular complexity index is 635. The van der Waals surface area contributed by atoms with Gasteiger partial charge in [-0.15, -0.1) is 0 Å². The van der Waals surface area contributed by atoms with Gasteiger partial charge in [0.2, 0.25) is 0 Å². The maximum atomic E-state index is 12.0. The van der Waals surface area contributed by atoms with Crippen LogP contribution in [0.25, 0.3) is 6.08 Å². The summed E-state index contributed by atoms with van der Waals surface area (Å²) >= 11 is 0. The smallest absolute Gasteiger partial charge is 0.194 e. The average molecular weight is 322 g/mol. The largest absolute Gasteiger partial charge is 0.207 e. The highest BCUT2D eigenvalue weighted by atomic mass is 19.2. The zero-order valence-electron chi connectivity index (χ0n) is 12.8. The van der Waals surface area contributed by atoms with Crippen molar-refractivity contribution in [1.82, 2.24) is 0 Å². The first-order valence-electron chi connectivity index (χ1n) is 7.10. The number of hydrogen-bond acceptors (Lipinski definition) is 0. The van der Waals surface area contributed by atoms with E-state index < -0.39 is 23.3 Å². The van der Waals surface area contributed by atoms with E-state index in [1.165, 1.54) is 11.1 Å². The second-order valence-corrected chi connectivity index (χ2v) is 4.74. The summed E-state index contributed by atoms with van der Waals surface area (Å²) in [4.78, 5) is 0. The molecule has 0 atom stereocenters. The summed E-state index contributed by atoms with van der Waals surface area (Å²) in [7, 11) is 0. The summed E-state index contributed by atoms with van der Waals surface area (Å²) in [5, 5.41) is 0. The molecular formula is C19H18F4. The Morgan fingerprint density at radius 1 is 0.957 bits per heavy atom. The zero-order chi connectivity index (χ0) is 17.2. The standard InChI is InChI=1S/C13H16.C6H2F4/c1-3-5-6-7-13-10-8-12(4-2)9-11-13;7-3-1-4(8)6(10)5(9)2-3/h3-5,8-11H,2,6-7H2,1H3;1-2H/b5-3+;. The molecule has 0 fully saturated rings. The summed E-state index contributed by atoms with van der Waals surface area (Å²) in [6.45, 7) is 5.78. The van der Waals surface area contributed by atoms with E-state index in [1.807, 2.05) is 6.08 Å². The van der Waals surface area contributed by atoms with Crippen LogP contribution in [0.3, 0.4) is 0 Å². The van der Waals surface area contributed by atoms with E-state index in [1.54, 1.807) is 0 Å². The fourth-order valence-electron chi connectivity index (χ4n) is 1.76. The molecule has 0 saturated carbocycles. The van der Waals surface area contributed by atoms with Gasteiger partial charge in [-0.2, -0.15) is 0 Å². The van der Waals surface area contributed by atoms with Crippen molar-refractivity contribution in [2.24, 2.45) is 0 Å². The average Bonchev–Trinajstić information content (AvgIpc) is 2.54. The van der Waals surface area contributed by atoms with E-state index in [9.17, 15) is 17.6 Å².